The Kier molecular flexibility index (Phi) is 4.23. The summed E-state index contributed by atoms with van der Waals surface area (Å²) in [5.74, 6) is 0. The van der Waals surface area contributed by atoms with Gasteiger partial charge in [-0.1, -0.05) is 12.5 Å². The third-order valence-electron chi connectivity index (χ3n) is 3.99. The van der Waals surface area contributed by atoms with Gasteiger partial charge in [-0.2, -0.15) is 0 Å². The zero-order chi connectivity index (χ0) is 12.3. The summed E-state index contributed by atoms with van der Waals surface area (Å²) >= 11 is 1.86. The van der Waals surface area contributed by atoms with E-state index in [-0.39, 0.29) is 5.54 Å². The van der Waals surface area contributed by atoms with E-state index in [9.17, 15) is 0 Å². The Bertz CT molecular complexity index is 326. The fraction of sp³-hybridized carbons (Fsp3) is 0.714. The zero-order valence-corrected chi connectivity index (χ0v) is 12.0. The van der Waals surface area contributed by atoms with Crippen LogP contribution in [0.1, 0.15) is 44.0 Å². The van der Waals surface area contributed by atoms with Gasteiger partial charge < -0.3 is 5.32 Å². The van der Waals surface area contributed by atoms with Gasteiger partial charge in [0.25, 0.3) is 0 Å². The molecule has 0 amide bonds. The first-order chi connectivity index (χ1) is 8.16. The van der Waals surface area contributed by atoms with Crippen LogP contribution < -0.4 is 5.32 Å². The van der Waals surface area contributed by atoms with E-state index >= 15 is 0 Å². The molecule has 0 aliphatic carbocycles. The maximum atomic E-state index is 3.51. The lowest BCUT2D eigenvalue weighted by atomic mass is 9.89. The molecule has 1 saturated heterocycles. The summed E-state index contributed by atoms with van der Waals surface area (Å²) in [6.07, 6.45) is 4.10. The number of hydrogen-bond donors (Lipinski definition) is 1. The molecule has 1 unspecified atom stereocenters. The predicted molar refractivity (Wildman–Crippen MR) is 75.6 cm³/mol. The van der Waals surface area contributed by atoms with Crippen molar-refractivity contribution in [2.45, 2.75) is 44.7 Å². The summed E-state index contributed by atoms with van der Waals surface area (Å²) in [6, 6.07) is 4.83. The van der Waals surface area contributed by atoms with Crippen molar-refractivity contribution in [3.8, 4) is 0 Å². The third kappa shape index (κ3) is 2.72. The molecule has 1 aliphatic heterocycles. The van der Waals surface area contributed by atoms with Crippen LogP contribution in [0.15, 0.2) is 17.5 Å². The largest absolute Gasteiger partial charge is 0.311 e. The van der Waals surface area contributed by atoms with E-state index < -0.39 is 0 Å². The van der Waals surface area contributed by atoms with Crippen molar-refractivity contribution in [1.82, 2.24) is 10.2 Å². The molecule has 1 fully saturated rings. The molecule has 17 heavy (non-hydrogen) atoms. The van der Waals surface area contributed by atoms with E-state index in [2.05, 4.69) is 48.6 Å². The molecule has 0 bridgehead atoms. The first-order valence-corrected chi connectivity index (χ1v) is 7.50. The van der Waals surface area contributed by atoms with Crippen LogP contribution in [0.3, 0.4) is 0 Å². The van der Waals surface area contributed by atoms with Crippen molar-refractivity contribution in [2.24, 2.45) is 0 Å². The minimum atomic E-state index is 0.194. The fourth-order valence-electron chi connectivity index (χ4n) is 2.95. The smallest absolute Gasteiger partial charge is 0.0594 e. The van der Waals surface area contributed by atoms with Crippen molar-refractivity contribution in [3.05, 3.63) is 22.4 Å². The zero-order valence-electron chi connectivity index (χ0n) is 11.2. The summed E-state index contributed by atoms with van der Waals surface area (Å²) in [5.41, 5.74) is 0.194. The molecule has 3 heteroatoms. The summed E-state index contributed by atoms with van der Waals surface area (Å²) in [5, 5.41) is 5.68. The quantitative estimate of drug-likeness (QED) is 0.885. The van der Waals surface area contributed by atoms with Gasteiger partial charge in [-0.05, 0) is 58.3 Å². The van der Waals surface area contributed by atoms with Crippen LogP contribution in [-0.4, -0.2) is 30.6 Å². The molecule has 1 aromatic heterocycles. The van der Waals surface area contributed by atoms with Gasteiger partial charge in [0.1, 0.15) is 0 Å². The Labute approximate surface area is 109 Å². The highest BCUT2D eigenvalue weighted by molar-refractivity contribution is 7.10. The Morgan fingerprint density at radius 1 is 1.29 bits per heavy atom. The molecule has 1 N–H and O–H groups in total. The highest BCUT2D eigenvalue weighted by atomic mass is 32.1. The second kappa shape index (κ2) is 5.51. The molecule has 96 valence electrons. The minimum absolute atomic E-state index is 0.194. The molecule has 1 aromatic rings. The van der Waals surface area contributed by atoms with Crippen LogP contribution in [-0.2, 0) is 0 Å². The van der Waals surface area contributed by atoms with Gasteiger partial charge >= 0.3 is 0 Å². The monoisotopic (exact) mass is 252 g/mol. The number of nitrogens with one attached hydrogen (secondary N) is 1. The average Bonchev–Trinajstić information content (AvgIpc) is 2.84. The maximum Gasteiger partial charge on any atom is 0.0594 e. The van der Waals surface area contributed by atoms with E-state index in [0.717, 1.165) is 0 Å². The Morgan fingerprint density at radius 3 is 2.53 bits per heavy atom. The number of hydrogen-bond acceptors (Lipinski definition) is 3. The molecule has 0 saturated carbocycles. The third-order valence-corrected chi connectivity index (χ3v) is 4.93. The molecular weight excluding hydrogens is 228 g/mol. The Morgan fingerprint density at radius 2 is 2.00 bits per heavy atom. The van der Waals surface area contributed by atoms with Crippen LogP contribution >= 0.6 is 11.3 Å². The van der Waals surface area contributed by atoms with Crippen molar-refractivity contribution in [2.75, 3.05) is 20.1 Å². The van der Waals surface area contributed by atoms with Crippen molar-refractivity contribution in [1.29, 1.82) is 0 Å². The van der Waals surface area contributed by atoms with Crippen LogP contribution in [0.2, 0.25) is 0 Å². The summed E-state index contributed by atoms with van der Waals surface area (Å²) < 4.78 is 0. The fourth-order valence-corrected chi connectivity index (χ4v) is 3.97. The maximum absolute atomic E-state index is 3.51. The van der Waals surface area contributed by atoms with Crippen LogP contribution in [0, 0.1) is 0 Å². The van der Waals surface area contributed by atoms with Crippen molar-refractivity contribution >= 4 is 11.3 Å². The normalized spacial score (nSPS) is 20.4. The Hall–Kier alpha value is -0.380. The molecule has 0 spiro atoms. The molecule has 2 heterocycles. The number of piperidine rings is 1. The molecule has 2 rings (SSSR count). The first-order valence-electron chi connectivity index (χ1n) is 6.62. The average molecular weight is 252 g/mol. The second-order valence-electron chi connectivity index (χ2n) is 5.44. The SMILES string of the molecule is CNC(c1cccs1)C(C)(C)N1CCCCC1. The molecule has 0 aromatic carbocycles. The van der Waals surface area contributed by atoms with E-state index in [0.29, 0.717) is 6.04 Å². The summed E-state index contributed by atoms with van der Waals surface area (Å²) in [7, 11) is 2.08. The van der Waals surface area contributed by atoms with Crippen molar-refractivity contribution < 1.29 is 0 Å². The van der Waals surface area contributed by atoms with Crippen molar-refractivity contribution in [3.63, 3.8) is 0 Å². The van der Waals surface area contributed by atoms with Gasteiger partial charge in [-0.3, -0.25) is 4.90 Å². The predicted octanol–water partition coefficient (Wildman–Crippen LogP) is 3.27. The number of likely N-dealkylation sites (tertiary alicyclic amines) is 1. The van der Waals surface area contributed by atoms with Crippen LogP contribution in [0.4, 0.5) is 0 Å². The van der Waals surface area contributed by atoms with Crippen LogP contribution in [0.25, 0.3) is 0 Å². The second-order valence-corrected chi connectivity index (χ2v) is 6.42. The lowest BCUT2D eigenvalue weighted by Gasteiger charge is -2.45. The molecule has 1 aliphatic rings. The first kappa shape index (κ1) is 13.1. The van der Waals surface area contributed by atoms with Crippen LogP contribution in [0.5, 0.6) is 0 Å². The number of likely N-dealkylation sites (N-methyl/N-ethyl adjacent to an activating group) is 1. The summed E-state index contributed by atoms with van der Waals surface area (Å²) in [6.45, 7) is 7.24. The van der Waals surface area contributed by atoms with Gasteiger partial charge in [0.15, 0.2) is 0 Å². The Balaban J connectivity index is 2.16. The number of thiophene rings is 1. The van der Waals surface area contributed by atoms with Gasteiger partial charge in [-0.15, -0.1) is 11.3 Å². The van der Waals surface area contributed by atoms with Gasteiger partial charge in [0.2, 0.25) is 0 Å². The molecule has 1 atom stereocenters. The molecular formula is C14H24N2S. The highest BCUT2D eigenvalue weighted by Gasteiger charge is 2.36. The van der Waals surface area contributed by atoms with E-state index in [4.69, 9.17) is 0 Å². The van der Waals surface area contributed by atoms with Gasteiger partial charge in [-0.25, -0.2) is 0 Å². The van der Waals surface area contributed by atoms with E-state index in [1.54, 1.807) is 0 Å². The lowest BCUT2D eigenvalue weighted by Crippen LogP contribution is -2.53. The summed E-state index contributed by atoms with van der Waals surface area (Å²) in [4.78, 5) is 4.10. The standard InChI is InChI=1S/C14H24N2S/c1-14(2,16-9-5-4-6-10-16)13(15-3)12-8-7-11-17-12/h7-8,11,13,15H,4-6,9-10H2,1-3H3. The lowest BCUT2D eigenvalue weighted by molar-refractivity contribution is 0.0643. The number of rotatable bonds is 4. The number of nitrogens with zero attached hydrogens (tertiary/aromatic N) is 1. The van der Waals surface area contributed by atoms with Gasteiger partial charge in [0, 0.05) is 10.4 Å². The minimum Gasteiger partial charge on any atom is -0.311 e. The van der Waals surface area contributed by atoms with E-state index in [1.807, 2.05) is 11.3 Å². The highest BCUT2D eigenvalue weighted by Crippen LogP contribution is 2.34. The molecule has 2 nitrogen and oxygen atoms in total. The molecule has 0 radical (unpaired) electrons. The van der Waals surface area contributed by atoms with E-state index in [1.165, 1.54) is 37.2 Å². The van der Waals surface area contributed by atoms with Gasteiger partial charge in [0.05, 0.1) is 6.04 Å². The topological polar surface area (TPSA) is 15.3 Å².